The minimum Gasteiger partial charge on any atom is -0.396 e. The minimum absolute atomic E-state index is 0.129. The maximum absolute atomic E-state index is 9.37. The summed E-state index contributed by atoms with van der Waals surface area (Å²) in [6, 6.07) is 7.94. The van der Waals surface area contributed by atoms with Gasteiger partial charge in [-0.2, -0.15) is 4.98 Å². The average Bonchev–Trinajstić information content (AvgIpc) is 2.50. The van der Waals surface area contributed by atoms with Gasteiger partial charge >= 0.3 is 0 Å². The topological polar surface area (TPSA) is 70.1 Å². The normalized spacial score (nSPS) is 11.6. The highest BCUT2D eigenvalue weighted by Crippen LogP contribution is 2.23. The van der Waals surface area contributed by atoms with Crippen LogP contribution in [-0.4, -0.2) is 34.8 Å². The molecule has 0 aliphatic rings. The Balaban J connectivity index is 2.30. The largest absolute Gasteiger partial charge is 0.396 e. The van der Waals surface area contributed by atoms with Crippen LogP contribution >= 0.6 is 0 Å². The van der Waals surface area contributed by atoms with Gasteiger partial charge in [0.05, 0.1) is 5.52 Å². The van der Waals surface area contributed by atoms with E-state index in [1.165, 1.54) is 0 Å². The molecule has 21 heavy (non-hydrogen) atoms. The second kappa shape index (κ2) is 6.72. The molecule has 2 aromatic rings. The standard InChI is InChI=1S/C16H24N4O/c1-4-9-17-15-19-13-8-6-5-7-12(13)14(20-15)18-10-16(2,3)11-21/h5-8,21H,4,9-11H2,1-3H3,(H2,17,18,19,20). The van der Waals surface area contributed by atoms with E-state index in [-0.39, 0.29) is 12.0 Å². The minimum atomic E-state index is -0.191. The lowest BCUT2D eigenvalue weighted by Gasteiger charge is -2.22. The molecule has 5 heteroatoms. The van der Waals surface area contributed by atoms with Gasteiger partial charge in [0, 0.05) is 30.5 Å². The van der Waals surface area contributed by atoms with Crippen LogP contribution in [0.1, 0.15) is 27.2 Å². The van der Waals surface area contributed by atoms with Crippen LogP contribution in [0.15, 0.2) is 24.3 Å². The summed E-state index contributed by atoms with van der Waals surface area (Å²) in [6.07, 6.45) is 1.02. The summed E-state index contributed by atoms with van der Waals surface area (Å²) in [7, 11) is 0. The molecular formula is C16H24N4O. The lowest BCUT2D eigenvalue weighted by molar-refractivity contribution is 0.171. The molecule has 114 valence electrons. The molecule has 0 aliphatic heterocycles. The van der Waals surface area contributed by atoms with Gasteiger partial charge < -0.3 is 15.7 Å². The van der Waals surface area contributed by atoms with E-state index in [1.807, 2.05) is 38.1 Å². The predicted octanol–water partition coefficient (Wildman–Crippen LogP) is 2.88. The van der Waals surface area contributed by atoms with Crippen LogP contribution in [0.5, 0.6) is 0 Å². The van der Waals surface area contributed by atoms with E-state index in [1.54, 1.807) is 0 Å². The molecule has 2 rings (SSSR count). The zero-order valence-electron chi connectivity index (χ0n) is 13.0. The molecule has 0 radical (unpaired) electrons. The second-order valence-electron chi connectivity index (χ2n) is 6.02. The Labute approximate surface area is 125 Å². The van der Waals surface area contributed by atoms with Crippen LogP contribution in [0.2, 0.25) is 0 Å². The summed E-state index contributed by atoms with van der Waals surface area (Å²) in [5.74, 6) is 1.44. The average molecular weight is 288 g/mol. The van der Waals surface area contributed by atoms with Crippen molar-refractivity contribution in [3.05, 3.63) is 24.3 Å². The van der Waals surface area contributed by atoms with Gasteiger partial charge in [-0.3, -0.25) is 0 Å². The van der Waals surface area contributed by atoms with Crippen LogP contribution in [0.3, 0.4) is 0 Å². The van der Waals surface area contributed by atoms with Crippen LogP contribution < -0.4 is 10.6 Å². The molecule has 0 unspecified atom stereocenters. The van der Waals surface area contributed by atoms with Crippen molar-refractivity contribution in [1.29, 1.82) is 0 Å². The number of rotatable bonds is 7. The number of nitrogens with zero attached hydrogens (tertiary/aromatic N) is 2. The zero-order valence-corrected chi connectivity index (χ0v) is 13.0. The first-order valence-electron chi connectivity index (χ1n) is 7.41. The van der Waals surface area contributed by atoms with Gasteiger partial charge in [-0.1, -0.05) is 32.9 Å². The van der Waals surface area contributed by atoms with Crippen molar-refractivity contribution in [3.8, 4) is 0 Å². The highest BCUT2D eigenvalue weighted by atomic mass is 16.3. The van der Waals surface area contributed by atoms with E-state index in [0.29, 0.717) is 12.5 Å². The summed E-state index contributed by atoms with van der Waals surface area (Å²) in [5, 5.41) is 16.9. The number of aliphatic hydroxyl groups excluding tert-OH is 1. The van der Waals surface area contributed by atoms with E-state index >= 15 is 0 Å². The van der Waals surface area contributed by atoms with Crippen LogP contribution in [0.25, 0.3) is 10.9 Å². The van der Waals surface area contributed by atoms with Gasteiger partial charge in [0.2, 0.25) is 5.95 Å². The highest BCUT2D eigenvalue weighted by Gasteiger charge is 2.17. The molecule has 1 heterocycles. The Morgan fingerprint density at radius 2 is 1.90 bits per heavy atom. The third-order valence-electron chi connectivity index (χ3n) is 3.30. The number of hydrogen-bond donors (Lipinski definition) is 3. The van der Waals surface area contributed by atoms with Crippen molar-refractivity contribution in [1.82, 2.24) is 9.97 Å². The van der Waals surface area contributed by atoms with Crippen molar-refractivity contribution in [3.63, 3.8) is 0 Å². The van der Waals surface area contributed by atoms with Gasteiger partial charge in [-0.15, -0.1) is 0 Å². The molecule has 3 N–H and O–H groups in total. The second-order valence-corrected chi connectivity index (χ2v) is 6.02. The zero-order chi connectivity index (χ0) is 15.3. The molecule has 0 bridgehead atoms. The molecule has 0 saturated carbocycles. The third kappa shape index (κ3) is 4.04. The van der Waals surface area contributed by atoms with Crippen LogP contribution in [0, 0.1) is 5.41 Å². The van der Waals surface area contributed by atoms with Crippen molar-refractivity contribution < 1.29 is 5.11 Å². The maximum atomic E-state index is 9.37. The number of benzene rings is 1. The summed E-state index contributed by atoms with van der Waals surface area (Å²) in [4.78, 5) is 9.09. The molecule has 0 amide bonds. The predicted molar refractivity (Wildman–Crippen MR) is 87.7 cm³/mol. The fourth-order valence-electron chi connectivity index (χ4n) is 1.91. The first kappa shape index (κ1) is 15.5. The number of aliphatic hydroxyl groups is 1. The summed E-state index contributed by atoms with van der Waals surface area (Å²) in [6.45, 7) is 7.76. The summed E-state index contributed by atoms with van der Waals surface area (Å²) < 4.78 is 0. The Morgan fingerprint density at radius 1 is 1.14 bits per heavy atom. The smallest absolute Gasteiger partial charge is 0.225 e. The van der Waals surface area contributed by atoms with Gasteiger partial charge in [0.15, 0.2) is 0 Å². The highest BCUT2D eigenvalue weighted by molar-refractivity contribution is 5.90. The Morgan fingerprint density at radius 3 is 2.62 bits per heavy atom. The van der Waals surface area contributed by atoms with E-state index in [9.17, 15) is 5.11 Å². The number of hydrogen-bond acceptors (Lipinski definition) is 5. The molecule has 0 atom stereocenters. The lowest BCUT2D eigenvalue weighted by atomic mass is 9.95. The fourth-order valence-corrected chi connectivity index (χ4v) is 1.91. The SMILES string of the molecule is CCCNc1nc(NCC(C)(C)CO)c2ccccc2n1. The number of anilines is 2. The van der Waals surface area contributed by atoms with Gasteiger partial charge in [-0.25, -0.2) is 4.98 Å². The van der Waals surface area contributed by atoms with Crippen molar-refractivity contribution >= 4 is 22.7 Å². The van der Waals surface area contributed by atoms with Crippen molar-refractivity contribution in [2.75, 3.05) is 30.3 Å². The van der Waals surface area contributed by atoms with Gasteiger partial charge in [0.1, 0.15) is 5.82 Å². The van der Waals surface area contributed by atoms with E-state index < -0.39 is 0 Å². The van der Waals surface area contributed by atoms with Crippen molar-refractivity contribution in [2.24, 2.45) is 5.41 Å². The quantitative estimate of drug-likeness (QED) is 0.731. The maximum Gasteiger partial charge on any atom is 0.225 e. The fraction of sp³-hybridized carbons (Fsp3) is 0.500. The molecule has 0 spiro atoms. The monoisotopic (exact) mass is 288 g/mol. The van der Waals surface area contributed by atoms with Crippen molar-refractivity contribution in [2.45, 2.75) is 27.2 Å². The number of fused-ring (bicyclic) bond motifs is 1. The number of aromatic nitrogens is 2. The van der Waals surface area contributed by atoms with Crippen LogP contribution in [0.4, 0.5) is 11.8 Å². The van der Waals surface area contributed by atoms with E-state index in [0.717, 1.165) is 29.7 Å². The third-order valence-corrected chi connectivity index (χ3v) is 3.30. The Hall–Kier alpha value is -1.88. The molecule has 0 aliphatic carbocycles. The Bertz CT molecular complexity index is 598. The molecule has 0 fully saturated rings. The number of nitrogens with one attached hydrogen (secondary N) is 2. The van der Waals surface area contributed by atoms with Crippen LogP contribution in [-0.2, 0) is 0 Å². The molecule has 1 aromatic heterocycles. The van der Waals surface area contributed by atoms with Gasteiger partial charge in [0.25, 0.3) is 0 Å². The lowest BCUT2D eigenvalue weighted by Crippen LogP contribution is -2.27. The van der Waals surface area contributed by atoms with Gasteiger partial charge in [-0.05, 0) is 18.6 Å². The summed E-state index contributed by atoms with van der Waals surface area (Å²) in [5.41, 5.74) is 0.721. The molecular weight excluding hydrogens is 264 g/mol. The first-order valence-corrected chi connectivity index (χ1v) is 7.41. The molecule has 5 nitrogen and oxygen atoms in total. The van der Waals surface area contributed by atoms with E-state index in [2.05, 4.69) is 27.5 Å². The number of para-hydroxylation sites is 1. The molecule has 1 aromatic carbocycles. The van der Waals surface area contributed by atoms with E-state index in [4.69, 9.17) is 0 Å². The summed E-state index contributed by atoms with van der Waals surface area (Å²) >= 11 is 0. The Kier molecular flexibility index (Phi) is 4.96. The first-order chi connectivity index (χ1) is 10.1. The molecule has 0 saturated heterocycles.